The number of Topliss-reactive ketones (excluding diaryl/α,β-unsaturated/α-hetero) is 1. The Balaban J connectivity index is 0.000000471. The maximum atomic E-state index is 13.6. The lowest BCUT2D eigenvalue weighted by atomic mass is 9.72. The van der Waals surface area contributed by atoms with E-state index in [1.807, 2.05) is 0 Å². The predicted octanol–water partition coefficient (Wildman–Crippen LogP) is -2.12. The molecule has 0 bridgehead atoms. The molecule has 18 heteroatoms. The molecule has 2 aromatic carbocycles. The van der Waals surface area contributed by atoms with Gasteiger partial charge in [0, 0.05) is 42.0 Å². The monoisotopic (exact) mass is 693 g/mol. The number of carboxylic acids is 2. The van der Waals surface area contributed by atoms with Crippen molar-refractivity contribution < 1.29 is 84.1 Å². The molecule has 2 unspecified atom stereocenters. The smallest absolute Gasteiger partial charge is 0.335 e. The summed E-state index contributed by atoms with van der Waals surface area (Å²) in [4.78, 5) is 59.3. The molecule has 3 aliphatic rings. The molecule has 1 fully saturated rings. The van der Waals surface area contributed by atoms with Crippen molar-refractivity contribution in [2.45, 2.75) is 74.6 Å². The minimum absolute atomic E-state index is 0.0173. The largest absolute Gasteiger partial charge is 0.507 e. The van der Waals surface area contributed by atoms with Gasteiger partial charge in [0.05, 0.1) is 42.1 Å². The molecule has 1 aliphatic heterocycles. The van der Waals surface area contributed by atoms with E-state index in [2.05, 4.69) is 0 Å². The summed E-state index contributed by atoms with van der Waals surface area (Å²) in [5.41, 5.74) is 2.37. The molecule has 266 valence electrons. The fourth-order valence-corrected chi connectivity index (χ4v) is 6.02. The molecule has 0 spiro atoms. The zero-order valence-electron chi connectivity index (χ0n) is 26.0. The van der Waals surface area contributed by atoms with Crippen molar-refractivity contribution in [2.75, 3.05) is 13.7 Å². The van der Waals surface area contributed by atoms with E-state index in [-0.39, 0.29) is 34.4 Å². The van der Waals surface area contributed by atoms with Crippen LogP contribution in [0.3, 0.4) is 0 Å². The standard InChI is InChI=1S/C27H29NO11.C4H6O6/c1-10-22(31)13(28)6-17(38-10)39-15-8-27(36,16(30)9-29)7-12-19(15)26(35)21-20(24(12)33)23(32)11-4-3-5-14(37-2)18(11)25(21)34;5-1(3(7)8)2(6)4(9)10/h3-5,10,13,15,17,22,29,31,33,35-36H,6-9,28H2,1-2H3;1-2,5-6H,(H,7,8)(H,9,10)/t10-,13-,15-,17-,22+,27-;/m0./s1. The van der Waals surface area contributed by atoms with Gasteiger partial charge >= 0.3 is 11.9 Å². The number of hydrogen-bond acceptors (Lipinski definition) is 16. The molecule has 11 N–H and O–H groups in total. The second-order valence-electron chi connectivity index (χ2n) is 11.7. The molecule has 0 aromatic heterocycles. The number of aliphatic carboxylic acids is 2. The molecule has 1 heterocycles. The molecule has 0 saturated carbocycles. The van der Waals surface area contributed by atoms with Crippen molar-refractivity contribution in [1.82, 2.24) is 0 Å². The highest BCUT2D eigenvalue weighted by molar-refractivity contribution is 6.31. The van der Waals surface area contributed by atoms with E-state index in [1.165, 1.54) is 25.3 Å². The van der Waals surface area contributed by atoms with Gasteiger partial charge in [-0.05, 0) is 13.0 Å². The lowest BCUT2D eigenvalue weighted by molar-refractivity contribution is -0.247. The minimum atomic E-state index is -2.27. The van der Waals surface area contributed by atoms with Crippen LogP contribution in [0.15, 0.2) is 18.2 Å². The second-order valence-corrected chi connectivity index (χ2v) is 11.7. The Morgan fingerprint density at radius 2 is 1.61 bits per heavy atom. The lowest BCUT2D eigenvalue weighted by Crippen LogP contribution is -2.53. The summed E-state index contributed by atoms with van der Waals surface area (Å²) < 4.78 is 17.0. The summed E-state index contributed by atoms with van der Waals surface area (Å²) >= 11 is 0. The van der Waals surface area contributed by atoms with Crippen molar-refractivity contribution in [1.29, 1.82) is 0 Å². The van der Waals surface area contributed by atoms with Crippen LogP contribution in [0.4, 0.5) is 0 Å². The lowest BCUT2D eigenvalue weighted by Gasteiger charge is -2.42. The van der Waals surface area contributed by atoms with Gasteiger partial charge in [-0.2, -0.15) is 0 Å². The Hall–Kier alpha value is -4.53. The van der Waals surface area contributed by atoms with Gasteiger partial charge in [0.15, 0.2) is 30.1 Å². The summed E-state index contributed by atoms with van der Waals surface area (Å²) in [6.45, 7) is 0.560. The zero-order valence-corrected chi connectivity index (χ0v) is 26.0. The first-order valence-corrected chi connectivity index (χ1v) is 14.7. The molecule has 8 atom stereocenters. The van der Waals surface area contributed by atoms with E-state index in [9.17, 15) is 49.5 Å². The minimum Gasteiger partial charge on any atom is -0.507 e. The fraction of sp³-hybridized carbons (Fsp3) is 0.452. The topological polar surface area (TPSA) is 321 Å². The number of hydrogen-bond donors (Lipinski definition) is 10. The van der Waals surface area contributed by atoms with E-state index in [0.717, 1.165) is 0 Å². The number of ketones is 3. The molecule has 2 aromatic rings. The van der Waals surface area contributed by atoms with Crippen LogP contribution in [0.1, 0.15) is 68.8 Å². The van der Waals surface area contributed by atoms with Gasteiger partial charge in [0.1, 0.15) is 29.5 Å². The van der Waals surface area contributed by atoms with Gasteiger partial charge in [-0.1, -0.05) is 12.1 Å². The molecule has 49 heavy (non-hydrogen) atoms. The highest BCUT2D eigenvalue weighted by Crippen LogP contribution is 2.52. The normalized spacial score (nSPS) is 27.0. The third kappa shape index (κ3) is 6.72. The molecular formula is C31H35NO17. The quantitative estimate of drug-likeness (QED) is 0.113. The first-order chi connectivity index (χ1) is 22.9. The first kappa shape index (κ1) is 37.3. The van der Waals surface area contributed by atoms with Crippen LogP contribution < -0.4 is 10.5 Å². The molecule has 5 rings (SSSR count). The number of fused-ring (bicyclic) bond motifs is 3. The van der Waals surface area contributed by atoms with Crippen LogP contribution in [-0.2, 0) is 30.3 Å². The predicted molar refractivity (Wildman–Crippen MR) is 159 cm³/mol. The Bertz CT molecular complexity index is 1660. The van der Waals surface area contributed by atoms with E-state index in [0.29, 0.717) is 0 Å². The first-order valence-electron chi connectivity index (χ1n) is 14.7. The number of rotatable bonds is 8. The number of aliphatic hydroxyl groups excluding tert-OH is 4. The van der Waals surface area contributed by atoms with E-state index < -0.39 is 120 Å². The fourth-order valence-electron chi connectivity index (χ4n) is 6.02. The van der Waals surface area contributed by atoms with Gasteiger partial charge < -0.3 is 65.9 Å². The van der Waals surface area contributed by atoms with E-state index in [1.54, 1.807) is 6.92 Å². The number of ether oxygens (including phenoxy) is 3. The third-order valence-electron chi connectivity index (χ3n) is 8.61. The number of phenols is 2. The number of carbonyl (C=O) groups is 5. The average molecular weight is 694 g/mol. The number of aromatic hydroxyl groups is 2. The second kappa shape index (κ2) is 14.1. The summed E-state index contributed by atoms with van der Waals surface area (Å²) in [6.07, 6.45) is -9.66. The van der Waals surface area contributed by atoms with Crippen LogP contribution in [0.5, 0.6) is 17.2 Å². The van der Waals surface area contributed by atoms with Crippen LogP contribution in [0.2, 0.25) is 0 Å². The van der Waals surface area contributed by atoms with Crippen LogP contribution in [-0.4, -0.2) is 131 Å². The van der Waals surface area contributed by atoms with Crippen LogP contribution in [0, 0.1) is 0 Å². The van der Waals surface area contributed by atoms with Crippen molar-refractivity contribution >= 4 is 29.3 Å². The number of benzene rings is 2. The van der Waals surface area contributed by atoms with Crippen LogP contribution in [0.25, 0.3) is 0 Å². The Kier molecular flexibility index (Phi) is 10.8. The molecule has 2 aliphatic carbocycles. The Morgan fingerprint density at radius 1 is 1.02 bits per heavy atom. The average Bonchev–Trinajstić information content (AvgIpc) is 3.05. The van der Waals surface area contributed by atoms with Gasteiger partial charge in [0.25, 0.3) is 0 Å². The summed E-state index contributed by atoms with van der Waals surface area (Å²) in [7, 11) is 1.32. The van der Waals surface area contributed by atoms with Gasteiger partial charge in [-0.25, -0.2) is 9.59 Å². The van der Waals surface area contributed by atoms with Crippen molar-refractivity contribution in [2.24, 2.45) is 5.73 Å². The van der Waals surface area contributed by atoms with Gasteiger partial charge in [-0.3, -0.25) is 14.4 Å². The Morgan fingerprint density at radius 3 is 2.14 bits per heavy atom. The van der Waals surface area contributed by atoms with Crippen LogP contribution >= 0.6 is 0 Å². The summed E-state index contributed by atoms with van der Waals surface area (Å²) in [6, 6.07) is 3.64. The van der Waals surface area contributed by atoms with E-state index >= 15 is 0 Å². The number of nitrogens with two attached hydrogens (primary N) is 1. The number of methoxy groups -OCH3 is 1. The number of phenolic OH excluding ortho intramolecular Hbond substituents is 2. The number of carboxylic acid groups (broad SMARTS) is 2. The van der Waals surface area contributed by atoms with Crippen molar-refractivity contribution in [3.05, 3.63) is 51.6 Å². The molecule has 0 radical (unpaired) electrons. The molecular weight excluding hydrogens is 658 g/mol. The summed E-state index contributed by atoms with van der Waals surface area (Å²) in [5.74, 6) is -7.31. The SMILES string of the molecule is COc1cccc2c1C(=O)c1c(O)c3c(c(O)c1C2=O)C[C@@](O)(C(=O)CO)C[C@@H]3O[C@H]1C[C@H](N)[C@H](O)[C@H](C)O1.O=C(O)C(O)C(O)C(=O)O. The van der Waals surface area contributed by atoms with Gasteiger partial charge in [0.2, 0.25) is 5.78 Å². The van der Waals surface area contributed by atoms with Crippen molar-refractivity contribution in [3.8, 4) is 17.2 Å². The number of carbonyl (C=O) groups excluding carboxylic acids is 3. The molecule has 1 saturated heterocycles. The van der Waals surface area contributed by atoms with Gasteiger partial charge in [-0.15, -0.1) is 0 Å². The zero-order chi connectivity index (χ0) is 36.7. The molecule has 0 amide bonds. The highest BCUT2D eigenvalue weighted by Gasteiger charge is 2.50. The maximum Gasteiger partial charge on any atom is 0.335 e. The number of aliphatic hydroxyl groups is 5. The maximum absolute atomic E-state index is 13.6. The van der Waals surface area contributed by atoms with Crippen molar-refractivity contribution in [3.63, 3.8) is 0 Å². The molecule has 18 nitrogen and oxygen atoms in total. The Labute approximate surface area is 276 Å². The van der Waals surface area contributed by atoms with E-state index in [4.69, 9.17) is 40.4 Å². The highest BCUT2D eigenvalue weighted by atomic mass is 16.7. The summed E-state index contributed by atoms with van der Waals surface area (Å²) in [5, 5.41) is 86.2. The third-order valence-corrected chi connectivity index (χ3v) is 8.61.